The number of aryl methyl sites for hydroxylation is 3. The van der Waals surface area contributed by atoms with Crippen LogP contribution in [0, 0.1) is 0 Å². The Kier molecular flexibility index (Phi) is 4.78. The number of thiophene rings is 1. The van der Waals surface area contributed by atoms with E-state index in [1.807, 2.05) is 23.6 Å². The van der Waals surface area contributed by atoms with E-state index in [1.54, 1.807) is 6.20 Å². The monoisotopic (exact) mass is 346 g/mol. The number of pyridine rings is 1. The third-order valence-electron chi connectivity index (χ3n) is 4.11. The van der Waals surface area contributed by atoms with Gasteiger partial charge in [0.1, 0.15) is 16.5 Å². The number of hydrogen-bond acceptors (Lipinski definition) is 5. The molecule has 3 heterocycles. The highest BCUT2D eigenvalue weighted by Gasteiger charge is 2.22. The number of rotatable bonds is 4. The van der Waals surface area contributed by atoms with Gasteiger partial charge in [-0.3, -0.25) is 4.98 Å². The maximum atomic E-state index is 4.75. The van der Waals surface area contributed by atoms with Gasteiger partial charge in [-0.15, -0.1) is 23.7 Å². The molecule has 0 atom stereocenters. The number of fused-ring (bicyclic) bond motifs is 3. The second kappa shape index (κ2) is 6.81. The topological polar surface area (TPSA) is 50.7 Å². The Hall–Kier alpha value is -1.72. The zero-order valence-electron chi connectivity index (χ0n) is 13.0. The van der Waals surface area contributed by atoms with Crippen molar-refractivity contribution in [2.24, 2.45) is 0 Å². The largest absolute Gasteiger partial charge is 0.365 e. The van der Waals surface area contributed by atoms with Crippen molar-refractivity contribution in [3.8, 4) is 0 Å². The second-order valence-corrected chi connectivity index (χ2v) is 6.68. The molecule has 4 rings (SSSR count). The molecule has 1 N–H and O–H groups in total. The molecule has 3 aromatic rings. The summed E-state index contributed by atoms with van der Waals surface area (Å²) in [4.78, 5) is 16.3. The number of hydrogen-bond donors (Lipinski definition) is 1. The number of nitrogens with zero attached hydrogens (tertiary/aromatic N) is 3. The summed E-state index contributed by atoms with van der Waals surface area (Å²) in [6, 6.07) is 4.05. The zero-order chi connectivity index (χ0) is 14.9. The Morgan fingerprint density at radius 1 is 1.26 bits per heavy atom. The van der Waals surface area contributed by atoms with Gasteiger partial charge in [0.15, 0.2) is 0 Å². The average molecular weight is 347 g/mol. The van der Waals surface area contributed by atoms with Crippen molar-refractivity contribution in [1.82, 2.24) is 15.0 Å². The molecule has 0 aliphatic heterocycles. The first-order valence-corrected chi connectivity index (χ1v) is 8.60. The van der Waals surface area contributed by atoms with Gasteiger partial charge >= 0.3 is 0 Å². The molecule has 0 saturated carbocycles. The maximum absolute atomic E-state index is 4.75. The van der Waals surface area contributed by atoms with E-state index < -0.39 is 0 Å². The standard InChI is InChI=1S/C17H18N4S.ClH/c1-2-14-20-16(19-10-11-5-4-8-18-9-11)15-12-6-3-7-13(12)22-17(15)21-14;/h4-5,8-9H,2-3,6-7,10H2,1H3,(H,19,20,21);1H. The van der Waals surface area contributed by atoms with Crippen LogP contribution in [0.1, 0.15) is 35.2 Å². The van der Waals surface area contributed by atoms with Crippen LogP contribution in [0.3, 0.4) is 0 Å². The number of halogens is 1. The van der Waals surface area contributed by atoms with Crippen LogP contribution in [-0.4, -0.2) is 15.0 Å². The first kappa shape index (κ1) is 16.1. The van der Waals surface area contributed by atoms with E-state index in [2.05, 4.69) is 23.3 Å². The summed E-state index contributed by atoms with van der Waals surface area (Å²) in [7, 11) is 0. The number of nitrogens with one attached hydrogen (secondary N) is 1. The average Bonchev–Trinajstić information content (AvgIpc) is 3.13. The smallest absolute Gasteiger partial charge is 0.139 e. The molecule has 3 aromatic heterocycles. The Balaban J connectivity index is 0.00000156. The lowest BCUT2D eigenvalue weighted by Gasteiger charge is -2.09. The predicted octanol–water partition coefficient (Wildman–Crippen LogP) is 4.17. The van der Waals surface area contributed by atoms with Crippen molar-refractivity contribution in [3.63, 3.8) is 0 Å². The Morgan fingerprint density at radius 2 is 2.17 bits per heavy atom. The molecular weight excluding hydrogens is 328 g/mol. The Morgan fingerprint density at radius 3 is 2.96 bits per heavy atom. The van der Waals surface area contributed by atoms with Gasteiger partial charge in [0, 0.05) is 30.2 Å². The fraction of sp³-hybridized carbons (Fsp3) is 0.353. The molecule has 120 valence electrons. The van der Waals surface area contributed by atoms with Gasteiger partial charge in [-0.25, -0.2) is 9.97 Å². The summed E-state index contributed by atoms with van der Waals surface area (Å²) in [6.45, 7) is 2.85. The van der Waals surface area contributed by atoms with Gasteiger partial charge in [0.25, 0.3) is 0 Å². The normalized spacial score (nSPS) is 12.9. The number of anilines is 1. The van der Waals surface area contributed by atoms with Gasteiger partial charge < -0.3 is 5.32 Å². The molecule has 0 radical (unpaired) electrons. The number of aromatic nitrogens is 3. The minimum Gasteiger partial charge on any atom is -0.365 e. The molecule has 4 nitrogen and oxygen atoms in total. The van der Waals surface area contributed by atoms with Crippen molar-refractivity contribution < 1.29 is 0 Å². The molecule has 1 aliphatic carbocycles. The zero-order valence-corrected chi connectivity index (χ0v) is 14.6. The van der Waals surface area contributed by atoms with Gasteiger partial charge in [0.05, 0.1) is 5.39 Å². The summed E-state index contributed by atoms with van der Waals surface area (Å²) in [6.07, 6.45) is 8.16. The molecule has 0 spiro atoms. The summed E-state index contributed by atoms with van der Waals surface area (Å²) >= 11 is 1.85. The molecule has 0 aromatic carbocycles. The molecule has 1 aliphatic rings. The summed E-state index contributed by atoms with van der Waals surface area (Å²) < 4.78 is 0. The molecule has 23 heavy (non-hydrogen) atoms. The van der Waals surface area contributed by atoms with Crippen LogP contribution in [0.5, 0.6) is 0 Å². The molecule has 0 unspecified atom stereocenters. The molecular formula is C17H19ClN4S. The lowest BCUT2D eigenvalue weighted by Crippen LogP contribution is -2.05. The highest BCUT2D eigenvalue weighted by atomic mass is 35.5. The summed E-state index contributed by atoms with van der Waals surface area (Å²) in [5.41, 5.74) is 2.63. The van der Waals surface area contributed by atoms with E-state index in [4.69, 9.17) is 9.97 Å². The van der Waals surface area contributed by atoms with E-state index >= 15 is 0 Å². The molecule has 0 amide bonds. The quantitative estimate of drug-likeness (QED) is 0.770. The van der Waals surface area contributed by atoms with E-state index in [0.29, 0.717) is 0 Å². The first-order chi connectivity index (χ1) is 10.8. The van der Waals surface area contributed by atoms with Crippen LogP contribution in [0.4, 0.5) is 5.82 Å². The molecule has 0 saturated heterocycles. The highest BCUT2D eigenvalue weighted by molar-refractivity contribution is 7.19. The van der Waals surface area contributed by atoms with Crippen molar-refractivity contribution in [3.05, 3.63) is 46.4 Å². The van der Waals surface area contributed by atoms with Crippen molar-refractivity contribution in [2.75, 3.05) is 5.32 Å². The van der Waals surface area contributed by atoms with E-state index in [1.165, 1.54) is 34.2 Å². The molecule has 0 fully saturated rings. The van der Waals surface area contributed by atoms with Gasteiger partial charge in [-0.1, -0.05) is 13.0 Å². The predicted molar refractivity (Wildman–Crippen MR) is 97.6 cm³/mol. The lowest BCUT2D eigenvalue weighted by molar-refractivity contribution is 0.914. The van der Waals surface area contributed by atoms with E-state index in [-0.39, 0.29) is 12.4 Å². The fourth-order valence-corrected chi connectivity index (χ4v) is 4.29. The van der Waals surface area contributed by atoms with Gasteiger partial charge in [-0.2, -0.15) is 0 Å². The van der Waals surface area contributed by atoms with Crippen molar-refractivity contribution in [2.45, 2.75) is 39.2 Å². The fourth-order valence-electron chi connectivity index (χ4n) is 3.01. The van der Waals surface area contributed by atoms with Crippen LogP contribution in [0.2, 0.25) is 0 Å². The van der Waals surface area contributed by atoms with Crippen LogP contribution in [-0.2, 0) is 25.8 Å². The van der Waals surface area contributed by atoms with Gasteiger partial charge in [0.2, 0.25) is 0 Å². The SMILES string of the molecule is CCc1nc(NCc2cccnc2)c2c3c(sc2n1)CCC3.Cl. The highest BCUT2D eigenvalue weighted by Crippen LogP contribution is 2.39. The van der Waals surface area contributed by atoms with Crippen LogP contribution in [0.25, 0.3) is 10.2 Å². The van der Waals surface area contributed by atoms with E-state index in [0.717, 1.165) is 35.9 Å². The third-order valence-corrected chi connectivity index (χ3v) is 5.30. The first-order valence-electron chi connectivity index (χ1n) is 7.79. The molecule has 6 heteroatoms. The minimum atomic E-state index is 0. The van der Waals surface area contributed by atoms with Crippen LogP contribution < -0.4 is 5.32 Å². The van der Waals surface area contributed by atoms with E-state index in [9.17, 15) is 0 Å². The third kappa shape index (κ3) is 3.03. The Bertz CT molecular complexity index is 816. The lowest BCUT2D eigenvalue weighted by atomic mass is 10.2. The van der Waals surface area contributed by atoms with Gasteiger partial charge in [-0.05, 0) is 36.5 Å². The summed E-state index contributed by atoms with van der Waals surface area (Å²) in [5.74, 6) is 1.91. The van der Waals surface area contributed by atoms with Crippen LogP contribution >= 0.6 is 23.7 Å². The molecule has 0 bridgehead atoms. The van der Waals surface area contributed by atoms with Crippen molar-refractivity contribution in [1.29, 1.82) is 0 Å². The minimum absolute atomic E-state index is 0. The van der Waals surface area contributed by atoms with Crippen molar-refractivity contribution >= 4 is 39.8 Å². The second-order valence-electron chi connectivity index (χ2n) is 5.59. The maximum Gasteiger partial charge on any atom is 0.139 e. The summed E-state index contributed by atoms with van der Waals surface area (Å²) in [5, 5.41) is 4.76. The van der Waals surface area contributed by atoms with Crippen LogP contribution in [0.15, 0.2) is 24.5 Å². The Labute approximate surface area is 145 Å².